The Hall–Kier alpha value is -0.970. The number of halogens is 1. The summed E-state index contributed by atoms with van der Waals surface area (Å²) in [6.07, 6.45) is 1.32. The van der Waals surface area contributed by atoms with Gasteiger partial charge in [-0.1, -0.05) is 0 Å². The van der Waals surface area contributed by atoms with Crippen LogP contribution >= 0.6 is 11.6 Å². The van der Waals surface area contributed by atoms with Crippen LogP contribution in [0.2, 0.25) is 0 Å². The van der Waals surface area contributed by atoms with Crippen LogP contribution in [0.5, 0.6) is 0 Å². The van der Waals surface area contributed by atoms with Crippen LogP contribution in [0.4, 0.5) is 9.59 Å². The predicted molar refractivity (Wildman–Crippen MR) is 69.8 cm³/mol. The lowest BCUT2D eigenvalue weighted by molar-refractivity contribution is 0.0512. The highest BCUT2D eigenvalue weighted by Gasteiger charge is 2.23. The van der Waals surface area contributed by atoms with E-state index in [0.717, 1.165) is 12.8 Å². The summed E-state index contributed by atoms with van der Waals surface area (Å²) in [6.45, 7) is 7.39. The number of amides is 2. The molecular weight excluding hydrogens is 256 g/mol. The third-order valence-electron chi connectivity index (χ3n) is 2.80. The fourth-order valence-electron chi connectivity index (χ4n) is 1.85. The molecule has 1 saturated heterocycles. The first kappa shape index (κ1) is 15.1. The maximum atomic E-state index is 11.5. The number of ether oxygens (including phenoxy) is 1. The molecular formula is C12H21ClN2O3. The van der Waals surface area contributed by atoms with E-state index >= 15 is 0 Å². The normalized spacial score (nSPS) is 17.4. The first-order valence-electron chi connectivity index (χ1n) is 6.19. The zero-order valence-electron chi connectivity index (χ0n) is 11.2. The molecule has 5 nitrogen and oxygen atoms in total. The minimum Gasteiger partial charge on any atom is -0.444 e. The number of alkyl carbamates (subject to hydrolysis) is 1. The Kier molecular flexibility index (Phi) is 5.26. The molecule has 0 saturated carbocycles. The summed E-state index contributed by atoms with van der Waals surface area (Å²) in [7, 11) is 0. The molecule has 104 valence electrons. The van der Waals surface area contributed by atoms with Gasteiger partial charge < -0.3 is 15.0 Å². The molecule has 0 spiro atoms. The Morgan fingerprint density at radius 2 is 1.89 bits per heavy atom. The molecule has 1 rings (SSSR count). The number of carbonyl (C=O) groups is 2. The Bertz CT molecular complexity index is 307. The summed E-state index contributed by atoms with van der Waals surface area (Å²) in [5, 5.41) is 2.36. The molecule has 1 heterocycles. The van der Waals surface area contributed by atoms with Crippen molar-refractivity contribution in [3.63, 3.8) is 0 Å². The van der Waals surface area contributed by atoms with E-state index < -0.39 is 17.1 Å². The van der Waals surface area contributed by atoms with Gasteiger partial charge in [-0.15, -0.1) is 0 Å². The lowest BCUT2D eigenvalue weighted by atomic mass is 9.97. The van der Waals surface area contributed by atoms with Crippen molar-refractivity contribution in [3.8, 4) is 0 Å². The highest BCUT2D eigenvalue weighted by molar-refractivity contribution is 6.62. The van der Waals surface area contributed by atoms with Gasteiger partial charge in [-0.25, -0.2) is 4.79 Å². The predicted octanol–water partition coefficient (Wildman–Crippen LogP) is 2.58. The van der Waals surface area contributed by atoms with Gasteiger partial charge in [0.25, 0.3) is 0 Å². The summed E-state index contributed by atoms with van der Waals surface area (Å²) >= 11 is 5.40. The summed E-state index contributed by atoms with van der Waals surface area (Å²) in [5.41, 5.74) is -0.474. The molecule has 0 radical (unpaired) electrons. The fraction of sp³-hybridized carbons (Fsp3) is 0.833. The van der Waals surface area contributed by atoms with E-state index in [4.69, 9.17) is 16.3 Å². The third kappa shape index (κ3) is 5.58. The molecule has 0 aromatic carbocycles. The third-order valence-corrected chi connectivity index (χ3v) is 3.04. The van der Waals surface area contributed by atoms with E-state index in [-0.39, 0.29) is 0 Å². The van der Waals surface area contributed by atoms with Crippen molar-refractivity contribution < 1.29 is 14.3 Å². The van der Waals surface area contributed by atoms with Gasteiger partial charge >= 0.3 is 11.5 Å². The number of nitrogens with zero attached hydrogens (tertiary/aromatic N) is 1. The molecule has 18 heavy (non-hydrogen) atoms. The van der Waals surface area contributed by atoms with Crippen molar-refractivity contribution in [2.24, 2.45) is 5.92 Å². The number of piperidine rings is 1. The smallest absolute Gasteiger partial charge is 0.407 e. The van der Waals surface area contributed by atoms with Gasteiger partial charge in [0.1, 0.15) is 5.60 Å². The van der Waals surface area contributed by atoms with Crippen LogP contribution in [-0.4, -0.2) is 41.6 Å². The zero-order valence-corrected chi connectivity index (χ0v) is 11.9. The molecule has 1 aliphatic rings. The molecule has 2 amide bonds. The molecule has 0 unspecified atom stereocenters. The van der Waals surface area contributed by atoms with Crippen LogP contribution in [0.15, 0.2) is 0 Å². The highest BCUT2D eigenvalue weighted by Crippen LogP contribution is 2.17. The van der Waals surface area contributed by atoms with Gasteiger partial charge in [0.15, 0.2) is 0 Å². The monoisotopic (exact) mass is 276 g/mol. The second-order valence-electron chi connectivity index (χ2n) is 5.57. The van der Waals surface area contributed by atoms with Gasteiger partial charge in [-0.3, -0.25) is 4.79 Å². The number of hydrogen-bond acceptors (Lipinski definition) is 3. The van der Waals surface area contributed by atoms with Crippen molar-refractivity contribution in [1.29, 1.82) is 0 Å². The summed E-state index contributed by atoms with van der Waals surface area (Å²) < 4.78 is 5.15. The highest BCUT2D eigenvalue weighted by atomic mass is 35.5. The van der Waals surface area contributed by atoms with Gasteiger partial charge in [0.2, 0.25) is 0 Å². The van der Waals surface area contributed by atoms with Gasteiger partial charge in [0.05, 0.1) is 0 Å². The van der Waals surface area contributed by atoms with Crippen LogP contribution < -0.4 is 5.32 Å². The molecule has 1 fully saturated rings. The standard InChI is InChI=1S/C12H21ClN2O3/c1-12(2,3)18-11(17)14-8-9-4-6-15(7-5-9)10(13)16/h9H,4-8H2,1-3H3,(H,14,17). The molecule has 6 heteroatoms. The van der Waals surface area contributed by atoms with Crippen molar-refractivity contribution in [2.45, 2.75) is 39.2 Å². The lowest BCUT2D eigenvalue weighted by Gasteiger charge is -2.30. The maximum absolute atomic E-state index is 11.5. The van der Waals surface area contributed by atoms with E-state index in [1.54, 1.807) is 4.90 Å². The van der Waals surface area contributed by atoms with Crippen LogP contribution in [0, 0.1) is 5.92 Å². The van der Waals surface area contributed by atoms with E-state index in [0.29, 0.717) is 25.6 Å². The summed E-state index contributed by atoms with van der Waals surface area (Å²) in [4.78, 5) is 24.0. The van der Waals surface area contributed by atoms with Crippen molar-refractivity contribution >= 4 is 23.1 Å². The molecule has 0 aromatic heterocycles. The molecule has 0 bridgehead atoms. The SMILES string of the molecule is CC(C)(C)OC(=O)NCC1CCN(C(=O)Cl)CC1. The molecule has 1 aliphatic heterocycles. The summed E-state index contributed by atoms with van der Waals surface area (Å²) in [6, 6.07) is 0. The second kappa shape index (κ2) is 6.27. The maximum Gasteiger partial charge on any atom is 0.407 e. The first-order valence-corrected chi connectivity index (χ1v) is 6.57. The van der Waals surface area contributed by atoms with E-state index in [9.17, 15) is 9.59 Å². The van der Waals surface area contributed by atoms with E-state index in [2.05, 4.69) is 5.32 Å². The van der Waals surface area contributed by atoms with Gasteiger partial charge in [-0.05, 0) is 51.1 Å². The fourth-order valence-corrected chi connectivity index (χ4v) is 2.02. The number of carbonyl (C=O) groups excluding carboxylic acids is 2. The second-order valence-corrected chi connectivity index (χ2v) is 5.89. The Morgan fingerprint density at radius 1 is 1.33 bits per heavy atom. The van der Waals surface area contributed by atoms with Crippen LogP contribution in [0.3, 0.4) is 0 Å². The molecule has 0 atom stereocenters. The van der Waals surface area contributed by atoms with Crippen molar-refractivity contribution in [3.05, 3.63) is 0 Å². The minimum absolute atomic E-state index is 0.379. The van der Waals surface area contributed by atoms with E-state index in [1.807, 2.05) is 20.8 Å². The average Bonchev–Trinajstić information content (AvgIpc) is 2.24. The van der Waals surface area contributed by atoms with E-state index in [1.165, 1.54) is 0 Å². The first-order chi connectivity index (χ1) is 8.28. The van der Waals surface area contributed by atoms with Crippen LogP contribution in [-0.2, 0) is 4.74 Å². The number of rotatable bonds is 2. The molecule has 1 N–H and O–H groups in total. The molecule has 0 aliphatic carbocycles. The summed E-state index contributed by atoms with van der Waals surface area (Å²) in [5.74, 6) is 0.379. The van der Waals surface area contributed by atoms with Gasteiger partial charge in [0, 0.05) is 19.6 Å². The minimum atomic E-state index is -0.474. The Balaban J connectivity index is 2.22. The van der Waals surface area contributed by atoms with Gasteiger partial charge in [-0.2, -0.15) is 0 Å². The van der Waals surface area contributed by atoms with Crippen LogP contribution in [0.25, 0.3) is 0 Å². The van der Waals surface area contributed by atoms with Crippen molar-refractivity contribution in [2.75, 3.05) is 19.6 Å². The largest absolute Gasteiger partial charge is 0.444 e. The number of nitrogens with one attached hydrogen (secondary N) is 1. The quantitative estimate of drug-likeness (QED) is 0.623. The Labute approximate surface area is 113 Å². The zero-order chi connectivity index (χ0) is 13.8. The molecule has 0 aromatic rings. The topological polar surface area (TPSA) is 58.6 Å². The number of hydrogen-bond donors (Lipinski definition) is 1. The van der Waals surface area contributed by atoms with Crippen LogP contribution in [0.1, 0.15) is 33.6 Å². The lowest BCUT2D eigenvalue weighted by Crippen LogP contribution is -2.40. The average molecular weight is 277 g/mol. The number of likely N-dealkylation sites (tertiary alicyclic amines) is 1. The van der Waals surface area contributed by atoms with Crippen molar-refractivity contribution in [1.82, 2.24) is 10.2 Å². The Morgan fingerprint density at radius 3 is 2.33 bits per heavy atom.